The number of nitrogens with one attached hydrogen (secondary N) is 1. The molecular weight excluding hydrogens is 538 g/mol. The molecule has 3 aliphatic rings. The van der Waals surface area contributed by atoms with Gasteiger partial charge >= 0.3 is 12.2 Å². The van der Waals surface area contributed by atoms with Crippen molar-refractivity contribution >= 4 is 27.6 Å². The number of H-pyrrole nitrogens is 1. The first-order valence-corrected chi connectivity index (χ1v) is 14.3. The van der Waals surface area contributed by atoms with Crippen LogP contribution in [0.2, 0.25) is 0 Å². The molecule has 4 aromatic rings. The van der Waals surface area contributed by atoms with Crippen LogP contribution in [-0.4, -0.2) is 68.4 Å². The van der Waals surface area contributed by atoms with Crippen molar-refractivity contribution in [1.82, 2.24) is 30.0 Å². The standard InChI is InChI=1S/C29H31F4N7O/c1-17-5-2-8-39(15-17)26-21-13-34-24(19-11-18(29(31,32)33)12-22-20(19)14-35-38-22)23(30)25(21)36-27(37-26)41-16-28-6-3-9-40(28)10-4-7-28/h11-14,17H,2-10,15-16H2,1H3,(H,35,38). The number of fused-ring (bicyclic) bond motifs is 3. The van der Waals surface area contributed by atoms with E-state index in [1.165, 1.54) is 12.4 Å². The Morgan fingerprint density at radius 2 is 1.85 bits per heavy atom. The number of aromatic nitrogens is 5. The number of alkyl halides is 3. The predicted molar refractivity (Wildman–Crippen MR) is 146 cm³/mol. The summed E-state index contributed by atoms with van der Waals surface area (Å²) in [5, 5.41) is 7.20. The molecule has 0 radical (unpaired) electrons. The second-order valence-electron chi connectivity index (χ2n) is 11.8. The van der Waals surface area contributed by atoms with Gasteiger partial charge in [0, 0.05) is 30.2 Å². The van der Waals surface area contributed by atoms with Crippen molar-refractivity contribution in [2.75, 3.05) is 37.7 Å². The summed E-state index contributed by atoms with van der Waals surface area (Å²) in [7, 11) is 0. The Balaban J connectivity index is 1.36. The van der Waals surface area contributed by atoms with Gasteiger partial charge in [0.05, 0.1) is 28.2 Å². The molecule has 0 aliphatic carbocycles. The third kappa shape index (κ3) is 4.56. The van der Waals surface area contributed by atoms with E-state index in [0.29, 0.717) is 29.1 Å². The number of nitrogens with zero attached hydrogens (tertiary/aromatic N) is 6. The number of anilines is 1. The minimum absolute atomic E-state index is 0.0105. The van der Waals surface area contributed by atoms with Gasteiger partial charge in [-0.3, -0.25) is 15.0 Å². The lowest BCUT2D eigenvalue weighted by Gasteiger charge is -2.33. The van der Waals surface area contributed by atoms with Crippen LogP contribution < -0.4 is 9.64 Å². The summed E-state index contributed by atoms with van der Waals surface area (Å²) in [6.45, 7) is 6.17. The van der Waals surface area contributed by atoms with Crippen LogP contribution in [0.15, 0.2) is 24.5 Å². The molecule has 1 atom stereocenters. The highest BCUT2D eigenvalue weighted by molar-refractivity contribution is 5.98. The maximum atomic E-state index is 16.4. The smallest absolute Gasteiger partial charge is 0.416 e. The Bertz CT molecular complexity index is 1610. The average molecular weight is 570 g/mol. The van der Waals surface area contributed by atoms with Crippen molar-refractivity contribution in [3.05, 3.63) is 35.9 Å². The second kappa shape index (κ2) is 9.78. The number of pyridine rings is 1. The first-order valence-electron chi connectivity index (χ1n) is 14.3. The molecule has 0 bridgehead atoms. The highest BCUT2D eigenvalue weighted by Crippen LogP contribution is 2.41. The van der Waals surface area contributed by atoms with E-state index < -0.39 is 17.6 Å². The third-order valence-corrected chi connectivity index (χ3v) is 9.02. The van der Waals surface area contributed by atoms with Gasteiger partial charge in [-0.2, -0.15) is 28.2 Å². The van der Waals surface area contributed by atoms with Gasteiger partial charge < -0.3 is 9.64 Å². The van der Waals surface area contributed by atoms with Crippen LogP contribution in [0.1, 0.15) is 51.0 Å². The summed E-state index contributed by atoms with van der Waals surface area (Å²) in [5.74, 6) is 0.155. The number of hydrogen-bond donors (Lipinski definition) is 1. The van der Waals surface area contributed by atoms with Gasteiger partial charge in [-0.05, 0) is 69.7 Å². The van der Waals surface area contributed by atoms with Crippen molar-refractivity contribution in [2.45, 2.75) is 57.2 Å². The number of ether oxygens (including phenoxy) is 1. The molecular formula is C29H31F4N7O. The van der Waals surface area contributed by atoms with Gasteiger partial charge in [0.25, 0.3) is 0 Å². The van der Waals surface area contributed by atoms with E-state index in [2.05, 4.69) is 36.9 Å². The summed E-state index contributed by atoms with van der Waals surface area (Å²) in [6, 6.07) is 1.95. The van der Waals surface area contributed by atoms with Crippen LogP contribution >= 0.6 is 0 Å². The van der Waals surface area contributed by atoms with Gasteiger partial charge in [-0.1, -0.05) is 6.92 Å². The van der Waals surface area contributed by atoms with Crippen LogP contribution in [0.4, 0.5) is 23.4 Å². The molecule has 6 heterocycles. The minimum Gasteiger partial charge on any atom is -0.461 e. The Hall–Kier alpha value is -3.54. The van der Waals surface area contributed by atoms with E-state index in [0.717, 1.165) is 76.8 Å². The van der Waals surface area contributed by atoms with Crippen LogP contribution in [-0.2, 0) is 6.18 Å². The maximum Gasteiger partial charge on any atom is 0.416 e. The Morgan fingerprint density at radius 1 is 1.05 bits per heavy atom. The molecule has 7 rings (SSSR count). The highest BCUT2D eigenvalue weighted by atomic mass is 19.4. The zero-order valence-electron chi connectivity index (χ0n) is 22.8. The quantitative estimate of drug-likeness (QED) is 0.297. The average Bonchev–Trinajstić information content (AvgIpc) is 3.67. The number of benzene rings is 1. The molecule has 8 nitrogen and oxygen atoms in total. The molecule has 3 aromatic heterocycles. The number of piperidine rings is 1. The minimum atomic E-state index is -4.63. The predicted octanol–water partition coefficient (Wildman–Crippen LogP) is 5.97. The first kappa shape index (κ1) is 26.4. The van der Waals surface area contributed by atoms with Crippen molar-refractivity contribution in [3.63, 3.8) is 0 Å². The van der Waals surface area contributed by atoms with Crippen molar-refractivity contribution in [3.8, 4) is 17.3 Å². The largest absolute Gasteiger partial charge is 0.461 e. The molecule has 0 saturated carbocycles. The zero-order chi connectivity index (χ0) is 28.4. The fourth-order valence-corrected chi connectivity index (χ4v) is 6.97. The number of hydrogen-bond acceptors (Lipinski definition) is 7. The molecule has 1 unspecified atom stereocenters. The lowest BCUT2D eigenvalue weighted by atomic mass is 9.95. The van der Waals surface area contributed by atoms with Crippen LogP contribution in [0.3, 0.4) is 0 Å². The third-order valence-electron chi connectivity index (χ3n) is 9.02. The molecule has 1 N–H and O–H groups in total. The van der Waals surface area contributed by atoms with Gasteiger partial charge in [-0.25, -0.2) is 4.39 Å². The molecule has 12 heteroatoms. The van der Waals surface area contributed by atoms with Crippen LogP contribution in [0.25, 0.3) is 33.1 Å². The van der Waals surface area contributed by atoms with E-state index in [-0.39, 0.29) is 33.8 Å². The summed E-state index contributed by atoms with van der Waals surface area (Å²) >= 11 is 0. The molecule has 3 fully saturated rings. The molecule has 3 aliphatic heterocycles. The summed E-state index contributed by atoms with van der Waals surface area (Å²) in [5.41, 5.74) is -1.09. The van der Waals surface area contributed by atoms with Crippen LogP contribution in [0, 0.1) is 11.7 Å². The van der Waals surface area contributed by atoms with Gasteiger partial charge in [0.15, 0.2) is 5.82 Å². The summed E-state index contributed by atoms with van der Waals surface area (Å²) in [6.07, 6.45) is 4.57. The maximum absolute atomic E-state index is 16.4. The SMILES string of the molecule is CC1CCCN(c2nc(OCC34CCCN3CCC4)nc3c(F)c(-c4cc(C(F)(F)F)cc5[nH]ncc45)ncc23)C1. The fraction of sp³-hybridized carbons (Fsp3) is 0.517. The van der Waals surface area contributed by atoms with E-state index >= 15 is 4.39 Å². The topological polar surface area (TPSA) is 83.1 Å². The molecule has 3 saturated heterocycles. The Kier molecular flexibility index (Phi) is 6.29. The van der Waals surface area contributed by atoms with Gasteiger partial charge in [0.1, 0.15) is 23.6 Å². The lowest BCUT2D eigenvalue weighted by molar-refractivity contribution is -0.137. The first-order chi connectivity index (χ1) is 19.7. The molecule has 41 heavy (non-hydrogen) atoms. The zero-order valence-corrected chi connectivity index (χ0v) is 22.8. The highest BCUT2D eigenvalue weighted by Gasteiger charge is 2.45. The van der Waals surface area contributed by atoms with Crippen molar-refractivity contribution in [1.29, 1.82) is 0 Å². The van der Waals surface area contributed by atoms with Crippen molar-refractivity contribution in [2.24, 2.45) is 5.92 Å². The molecule has 216 valence electrons. The summed E-state index contributed by atoms with van der Waals surface area (Å²) < 4.78 is 63.8. The van der Waals surface area contributed by atoms with E-state index in [1.54, 1.807) is 0 Å². The summed E-state index contributed by atoms with van der Waals surface area (Å²) in [4.78, 5) is 18.2. The van der Waals surface area contributed by atoms with Crippen LogP contribution in [0.5, 0.6) is 6.01 Å². The molecule has 1 aromatic carbocycles. The molecule has 0 spiro atoms. The van der Waals surface area contributed by atoms with E-state index in [1.807, 2.05) is 0 Å². The Morgan fingerprint density at radius 3 is 2.61 bits per heavy atom. The number of halogens is 4. The van der Waals surface area contributed by atoms with Gasteiger partial charge in [-0.15, -0.1) is 0 Å². The van der Waals surface area contributed by atoms with Crippen molar-refractivity contribution < 1.29 is 22.3 Å². The number of rotatable bonds is 5. The lowest BCUT2D eigenvalue weighted by Crippen LogP contribution is -2.43. The monoisotopic (exact) mass is 569 g/mol. The fourth-order valence-electron chi connectivity index (χ4n) is 6.97. The number of aromatic amines is 1. The second-order valence-corrected chi connectivity index (χ2v) is 11.8. The normalized spacial score (nSPS) is 21.2. The Labute approximate surface area is 234 Å². The van der Waals surface area contributed by atoms with Gasteiger partial charge in [0.2, 0.25) is 0 Å². The van der Waals surface area contributed by atoms with E-state index in [9.17, 15) is 13.2 Å². The van der Waals surface area contributed by atoms with E-state index in [4.69, 9.17) is 9.72 Å². The molecule has 0 amide bonds.